The van der Waals surface area contributed by atoms with Crippen LogP contribution in [0.25, 0.3) is 0 Å². The minimum Gasteiger partial charge on any atom is -0.305 e. The van der Waals surface area contributed by atoms with Gasteiger partial charge in [-0.1, -0.05) is 32.6 Å². The Morgan fingerprint density at radius 1 is 1.58 bits per heavy atom. The van der Waals surface area contributed by atoms with Crippen LogP contribution in [0, 0.1) is 11.3 Å². The molecule has 12 heavy (non-hydrogen) atoms. The zero-order valence-corrected chi connectivity index (χ0v) is 8.35. The summed E-state index contributed by atoms with van der Waals surface area (Å²) in [6.45, 7) is 10.0. The minimum atomic E-state index is 0.350. The highest BCUT2D eigenvalue weighted by molar-refractivity contribution is 5.98. The van der Waals surface area contributed by atoms with Gasteiger partial charge in [0, 0.05) is 5.71 Å². The second-order valence-corrected chi connectivity index (χ2v) is 3.10. The molecule has 0 aliphatic rings. The van der Waals surface area contributed by atoms with Crippen LogP contribution in [0.2, 0.25) is 0 Å². The van der Waals surface area contributed by atoms with Crippen LogP contribution in [-0.4, -0.2) is 5.71 Å². The summed E-state index contributed by atoms with van der Waals surface area (Å²) in [6, 6.07) is 0. The molecule has 1 nitrogen and oxygen atoms in total. The first kappa shape index (κ1) is 11.2. The van der Waals surface area contributed by atoms with Gasteiger partial charge in [-0.2, -0.15) is 0 Å². The van der Waals surface area contributed by atoms with Crippen molar-refractivity contribution < 1.29 is 0 Å². The molecule has 68 valence electrons. The van der Waals surface area contributed by atoms with Crippen LogP contribution in [0.4, 0.5) is 0 Å². The molecule has 0 aromatic rings. The molecule has 0 aromatic heterocycles. The molecular formula is C11H19N. The molecule has 1 heteroatoms. The first-order chi connectivity index (χ1) is 5.63. The van der Waals surface area contributed by atoms with E-state index in [1.807, 2.05) is 19.1 Å². The van der Waals surface area contributed by atoms with E-state index >= 15 is 0 Å². The third kappa shape index (κ3) is 3.51. The summed E-state index contributed by atoms with van der Waals surface area (Å²) in [5.41, 5.74) is 1.65. The predicted octanol–water partition coefficient (Wildman–Crippen LogP) is 3.57. The average Bonchev–Trinajstić information content (AvgIpc) is 2.11. The van der Waals surface area contributed by atoms with Crippen LogP contribution in [0.3, 0.4) is 0 Å². The number of rotatable bonds is 5. The molecule has 0 aliphatic heterocycles. The zero-order chi connectivity index (χ0) is 9.56. The Balaban J connectivity index is 4.02. The molecule has 0 saturated heterocycles. The van der Waals surface area contributed by atoms with Crippen molar-refractivity contribution in [1.29, 1.82) is 5.41 Å². The maximum absolute atomic E-state index is 7.75. The second kappa shape index (κ2) is 5.76. The molecule has 0 spiro atoms. The Bertz CT molecular complexity index is 189. The van der Waals surface area contributed by atoms with Crippen molar-refractivity contribution >= 4 is 5.71 Å². The zero-order valence-electron chi connectivity index (χ0n) is 8.35. The van der Waals surface area contributed by atoms with Gasteiger partial charge in [-0.3, -0.25) is 0 Å². The van der Waals surface area contributed by atoms with Crippen LogP contribution in [-0.2, 0) is 0 Å². The van der Waals surface area contributed by atoms with Crippen LogP contribution in [0.15, 0.2) is 24.3 Å². The monoisotopic (exact) mass is 165 g/mol. The molecule has 1 N–H and O–H groups in total. The Labute approximate surface area is 75.7 Å². The van der Waals surface area contributed by atoms with Crippen molar-refractivity contribution in [3.8, 4) is 0 Å². The van der Waals surface area contributed by atoms with Gasteiger partial charge in [-0.15, -0.1) is 0 Å². The fourth-order valence-electron chi connectivity index (χ4n) is 0.923. The van der Waals surface area contributed by atoms with Crippen molar-refractivity contribution in [2.24, 2.45) is 5.92 Å². The van der Waals surface area contributed by atoms with E-state index in [9.17, 15) is 0 Å². The van der Waals surface area contributed by atoms with Gasteiger partial charge < -0.3 is 5.41 Å². The Kier molecular flexibility index (Phi) is 5.35. The largest absolute Gasteiger partial charge is 0.305 e. The highest BCUT2D eigenvalue weighted by Crippen LogP contribution is 2.12. The van der Waals surface area contributed by atoms with E-state index in [1.165, 1.54) is 0 Å². The number of hydrogen-bond acceptors (Lipinski definition) is 1. The topological polar surface area (TPSA) is 23.9 Å². The Morgan fingerprint density at radius 3 is 2.58 bits per heavy atom. The maximum Gasteiger partial charge on any atom is 0.0371 e. The molecule has 0 fully saturated rings. The summed E-state index contributed by atoms with van der Waals surface area (Å²) < 4.78 is 0. The Morgan fingerprint density at radius 2 is 2.17 bits per heavy atom. The van der Waals surface area contributed by atoms with E-state index in [4.69, 9.17) is 5.41 Å². The minimum absolute atomic E-state index is 0.350. The third-order valence-electron chi connectivity index (χ3n) is 2.09. The van der Waals surface area contributed by atoms with Crippen LogP contribution < -0.4 is 0 Å². The van der Waals surface area contributed by atoms with E-state index in [1.54, 1.807) is 0 Å². The molecule has 0 aromatic carbocycles. The quantitative estimate of drug-likeness (QED) is 0.475. The van der Waals surface area contributed by atoms with Gasteiger partial charge in [0.25, 0.3) is 0 Å². The molecule has 0 rings (SSSR count). The molecule has 0 saturated carbocycles. The van der Waals surface area contributed by atoms with E-state index in [-0.39, 0.29) is 0 Å². The number of hydrogen-bond donors (Lipinski definition) is 1. The lowest BCUT2D eigenvalue weighted by Crippen LogP contribution is -2.10. The summed E-state index contributed by atoms with van der Waals surface area (Å²) in [7, 11) is 0. The van der Waals surface area contributed by atoms with Gasteiger partial charge in [0.2, 0.25) is 0 Å². The fraction of sp³-hybridized carbons (Fsp3) is 0.545. The predicted molar refractivity (Wildman–Crippen MR) is 55.8 cm³/mol. The second-order valence-electron chi connectivity index (χ2n) is 3.10. The van der Waals surface area contributed by atoms with E-state index in [0.717, 1.165) is 18.4 Å². The van der Waals surface area contributed by atoms with Crippen LogP contribution >= 0.6 is 0 Å². The average molecular weight is 165 g/mol. The number of allylic oxidation sites excluding steroid dienone is 3. The summed E-state index contributed by atoms with van der Waals surface area (Å²) in [6.07, 6.45) is 5.88. The summed E-state index contributed by atoms with van der Waals surface area (Å²) >= 11 is 0. The maximum atomic E-state index is 7.75. The molecule has 0 aliphatic carbocycles. The van der Waals surface area contributed by atoms with Gasteiger partial charge in [-0.05, 0) is 31.3 Å². The molecule has 0 heterocycles. The third-order valence-corrected chi connectivity index (χ3v) is 2.09. The molecule has 0 radical (unpaired) electrons. The van der Waals surface area contributed by atoms with Gasteiger partial charge in [0.15, 0.2) is 0 Å². The summed E-state index contributed by atoms with van der Waals surface area (Å²) in [5, 5.41) is 7.75. The van der Waals surface area contributed by atoms with Crippen molar-refractivity contribution in [2.45, 2.75) is 33.6 Å². The normalized spacial score (nSPS) is 13.2. The lowest BCUT2D eigenvalue weighted by atomic mass is 9.95. The molecular weight excluding hydrogens is 146 g/mol. The molecule has 1 unspecified atom stereocenters. The number of nitrogens with one attached hydrogen (secondary N) is 1. The van der Waals surface area contributed by atoms with E-state index in [0.29, 0.717) is 11.6 Å². The first-order valence-corrected chi connectivity index (χ1v) is 4.51. The van der Waals surface area contributed by atoms with Crippen molar-refractivity contribution in [3.05, 3.63) is 24.3 Å². The summed E-state index contributed by atoms with van der Waals surface area (Å²) in [5.74, 6) is 0.350. The van der Waals surface area contributed by atoms with E-state index in [2.05, 4.69) is 20.4 Å². The fourth-order valence-corrected chi connectivity index (χ4v) is 0.923. The summed E-state index contributed by atoms with van der Waals surface area (Å²) in [4.78, 5) is 0. The van der Waals surface area contributed by atoms with Gasteiger partial charge in [0.05, 0.1) is 0 Å². The Hall–Kier alpha value is -0.850. The lowest BCUT2D eigenvalue weighted by Gasteiger charge is -2.11. The van der Waals surface area contributed by atoms with Crippen LogP contribution in [0.1, 0.15) is 33.6 Å². The first-order valence-electron chi connectivity index (χ1n) is 4.51. The van der Waals surface area contributed by atoms with Crippen molar-refractivity contribution in [3.63, 3.8) is 0 Å². The van der Waals surface area contributed by atoms with Gasteiger partial charge >= 0.3 is 0 Å². The van der Waals surface area contributed by atoms with Gasteiger partial charge in [0.1, 0.15) is 0 Å². The van der Waals surface area contributed by atoms with Crippen molar-refractivity contribution in [1.82, 2.24) is 0 Å². The van der Waals surface area contributed by atoms with Crippen LogP contribution in [0.5, 0.6) is 0 Å². The highest BCUT2D eigenvalue weighted by Gasteiger charge is 2.08. The molecule has 1 atom stereocenters. The molecule has 0 amide bonds. The van der Waals surface area contributed by atoms with E-state index < -0.39 is 0 Å². The molecule has 0 bridgehead atoms. The van der Waals surface area contributed by atoms with Crippen molar-refractivity contribution in [2.75, 3.05) is 0 Å². The van der Waals surface area contributed by atoms with Gasteiger partial charge in [-0.25, -0.2) is 0 Å². The lowest BCUT2D eigenvalue weighted by molar-refractivity contribution is 0.733. The smallest absolute Gasteiger partial charge is 0.0371 e. The standard InChI is InChI=1S/C11H19N/c1-5-7-8-10(4)11(12)9(3)6-2/h5,7,9,12H,4,6,8H2,1-3H3/b7-5-,12-11?. The highest BCUT2D eigenvalue weighted by atomic mass is 14.4. The SMILES string of the molecule is C=C(C/C=C\C)C(=N)C(C)CC.